The molecule has 0 bridgehead atoms. The number of carboxylic acid groups (broad SMARTS) is 1. The lowest BCUT2D eigenvalue weighted by Gasteiger charge is -2.20. The second-order valence-electron chi connectivity index (χ2n) is 4.70. The van der Waals surface area contributed by atoms with Crippen molar-refractivity contribution in [3.63, 3.8) is 0 Å². The van der Waals surface area contributed by atoms with Crippen LogP contribution < -0.4 is 10.2 Å². The number of rotatable bonds is 5. The molecule has 0 fully saturated rings. The summed E-state index contributed by atoms with van der Waals surface area (Å²) in [5.74, 6) is -0.573. The maximum atomic E-state index is 11.3. The predicted octanol–water partition coefficient (Wildman–Crippen LogP) is 1.51. The molecule has 2 N–H and O–H groups in total. The highest BCUT2D eigenvalue weighted by atomic mass is 16.4. The average Bonchev–Trinajstić information content (AvgIpc) is 2.50. The third-order valence-electron chi connectivity index (χ3n) is 3.25. The standard InChI is InChI=1S/C15H17N3O3/c1-16-13(19)7-8-18(2)14-11-6-4-3-5-10(11)9-12(17-14)15(20)21/h3-6,9H,7-8H2,1-2H3,(H,16,19)(H,20,21). The Morgan fingerprint density at radius 2 is 2.05 bits per heavy atom. The highest BCUT2D eigenvalue weighted by molar-refractivity contribution is 5.98. The molecular weight excluding hydrogens is 270 g/mol. The van der Waals surface area contributed by atoms with Crippen molar-refractivity contribution in [3.05, 3.63) is 36.0 Å². The zero-order valence-electron chi connectivity index (χ0n) is 12.0. The summed E-state index contributed by atoms with van der Waals surface area (Å²) < 4.78 is 0. The minimum Gasteiger partial charge on any atom is -0.477 e. The number of nitrogens with one attached hydrogen (secondary N) is 1. The SMILES string of the molecule is CNC(=O)CCN(C)c1nc(C(=O)O)cc2ccccc12. The summed E-state index contributed by atoms with van der Waals surface area (Å²) in [7, 11) is 3.38. The largest absolute Gasteiger partial charge is 0.477 e. The summed E-state index contributed by atoms with van der Waals surface area (Å²) in [6.07, 6.45) is 0.320. The molecule has 0 unspecified atom stereocenters. The van der Waals surface area contributed by atoms with E-state index in [4.69, 9.17) is 5.11 Å². The van der Waals surface area contributed by atoms with Gasteiger partial charge in [0.1, 0.15) is 5.82 Å². The maximum Gasteiger partial charge on any atom is 0.354 e. The minimum absolute atomic E-state index is 0.00417. The summed E-state index contributed by atoms with van der Waals surface area (Å²) in [6, 6.07) is 9.01. The van der Waals surface area contributed by atoms with Gasteiger partial charge in [0.15, 0.2) is 5.69 Å². The van der Waals surface area contributed by atoms with Gasteiger partial charge in [0.25, 0.3) is 0 Å². The smallest absolute Gasteiger partial charge is 0.354 e. The molecule has 1 heterocycles. The van der Waals surface area contributed by atoms with E-state index in [0.29, 0.717) is 18.8 Å². The van der Waals surface area contributed by atoms with E-state index in [9.17, 15) is 9.59 Å². The number of fused-ring (bicyclic) bond motifs is 1. The van der Waals surface area contributed by atoms with Crippen LogP contribution in [0.15, 0.2) is 30.3 Å². The van der Waals surface area contributed by atoms with E-state index < -0.39 is 5.97 Å². The number of nitrogens with zero attached hydrogens (tertiary/aromatic N) is 2. The number of aromatic nitrogens is 1. The molecule has 2 aromatic rings. The molecule has 6 heteroatoms. The van der Waals surface area contributed by atoms with Gasteiger partial charge in [-0.25, -0.2) is 9.78 Å². The first kappa shape index (κ1) is 14.8. The molecule has 0 atom stereocenters. The Kier molecular flexibility index (Phi) is 4.37. The molecule has 0 saturated carbocycles. The summed E-state index contributed by atoms with van der Waals surface area (Å²) in [4.78, 5) is 28.5. The third kappa shape index (κ3) is 3.28. The molecule has 1 aromatic heterocycles. The van der Waals surface area contributed by atoms with Crippen molar-refractivity contribution in [2.45, 2.75) is 6.42 Å². The molecule has 0 radical (unpaired) electrons. The molecule has 1 aromatic carbocycles. The van der Waals surface area contributed by atoms with Gasteiger partial charge in [0.2, 0.25) is 5.91 Å². The molecule has 21 heavy (non-hydrogen) atoms. The van der Waals surface area contributed by atoms with Gasteiger partial charge in [-0.2, -0.15) is 0 Å². The van der Waals surface area contributed by atoms with Crippen LogP contribution in [0.5, 0.6) is 0 Å². The topological polar surface area (TPSA) is 82.5 Å². The Hall–Kier alpha value is -2.63. The third-order valence-corrected chi connectivity index (χ3v) is 3.25. The van der Waals surface area contributed by atoms with E-state index in [0.717, 1.165) is 10.8 Å². The van der Waals surface area contributed by atoms with Crippen LogP contribution >= 0.6 is 0 Å². The highest BCUT2D eigenvalue weighted by Crippen LogP contribution is 2.25. The fourth-order valence-corrected chi connectivity index (χ4v) is 2.08. The van der Waals surface area contributed by atoms with Crippen molar-refractivity contribution in [3.8, 4) is 0 Å². The summed E-state index contributed by atoms with van der Waals surface area (Å²) in [6.45, 7) is 0.458. The molecule has 0 saturated heterocycles. The van der Waals surface area contributed by atoms with Crippen molar-refractivity contribution >= 4 is 28.5 Å². The number of hydrogen-bond donors (Lipinski definition) is 2. The van der Waals surface area contributed by atoms with Crippen molar-refractivity contribution in [1.82, 2.24) is 10.3 Å². The summed E-state index contributed by atoms with van der Waals surface area (Å²) >= 11 is 0. The number of benzene rings is 1. The first-order valence-corrected chi connectivity index (χ1v) is 6.57. The molecule has 0 aliphatic carbocycles. The van der Waals surface area contributed by atoms with E-state index in [1.165, 1.54) is 0 Å². The molecule has 110 valence electrons. The van der Waals surface area contributed by atoms with Crippen LogP contribution in [0.3, 0.4) is 0 Å². The van der Waals surface area contributed by atoms with Crippen molar-refractivity contribution in [2.75, 3.05) is 25.5 Å². The zero-order valence-corrected chi connectivity index (χ0v) is 12.0. The van der Waals surface area contributed by atoms with Gasteiger partial charge in [-0.3, -0.25) is 4.79 Å². The first-order valence-electron chi connectivity index (χ1n) is 6.57. The average molecular weight is 287 g/mol. The zero-order chi connectivity index (χ0) is 15.4. The van der Waals surface area contributed by atoms with Crippen LogP contribution in [0.1, 0.15) is 16.9 Å². The molecule has 0 spiro atoms. The van der Waals surface area contributed by atoms with Crippen molar-refractivity contribution < 1.29 is 14.7 Å². The van der Waals surface area contributed by atoms with Crippen LogP contribution in [0.4, 0.5) is 5.82 Å². The minimum atomic E-state index is -1.07. The van der Waals surface area contributed by atoms with Gasteiger partial charge in [-0.15, -0.1) is 0 Å². The number of anilines is 1. The monoisotopic (exact) mass is 287 g/mol. The Labute approximate surface area is 122 Å². The van der Waals surface area contributed by atoms with Gasteiger partial charge in [-0.1, -0.05) is 24.3 Å². The molecule has 6 nitrogen and oxygen atoms in total. The lowest BCUT2D eigenvalue weighted by atomic mass is 10.1. The van der Waals surface area contributed by atoms with Crippen molar-refractivity contribution in [2.24, 2.45) is 0 Å². The maximum absolute atomic E-state index is 11.3. The van der Waals surface area contributed by atoms with Gasteiger partial charge >= 0.3 is 5.97 Å². The molecular formula is C15H17N3O3. The summed E-state index contributed by atoms with van der Waals surface area (Å²) in [5, 5.41) is 13.4. The van der Waals surface area contributed by atoms with E-state index in [1.807, 2.05) is 24.3 Å². The van der Waals surface area contributed by atoms with Crippen molar-refractivity contribution in [1.29, 1.82) is 0 Å². The second-order valence-corrected chi connectivity index (χ2v) is 4.70. The number of aromatic carboxylic acids is 1. The van der Waals surface area contributed by atoms with Gasteiger partial charge < -0.3 is 15.3 Å². The molecule has 1 amide bonds. The van der Waals surface area contributed by atoms with Crippen LogP contribution in [-0.2, 0) is 4.79 Å². The molecule has 2 rings (SSSR count). The number of carbonyl (C=O) groups excluding carboxylic acids is 1. The van der Waals surface area contributed by atoms with Gasteiger partial charge in [0.05, 0.1) is 0 Å². The number of hydrogen-bond acceptors (Lipinski definition) is 4. The second kappa shape index (κ2) is 6.21. The number of carboxylic acids is 1. The van der Waals surface area contributed by atoms with E-state index in [-0.39, 0.29) is 11.6 Å². The summed E-state index contributed by atoms with van der Waals surface area (Å²) in [5.41, 5.74) is -0.00417. The Balaban J connectivity index is 2.40. The Morgan fingerprint density at radius 3 is 2.71 bits per heavy atom. The lowest BCUT2D eigenvalue weighted by Crippen LogP contribution is -2.27. The Bertz CT molecular complexity index is 685. The van der Waals surface area contributed by atoms with Gasteiger partial charge in [0, 0.05) is 32.4 Å². The van der Waals surface area contributed by atoms with Crippen LogP contribution in [0, 0.1) is 0 Å². The molecule has 0 aliphatic heterocycles. The quantitative estimate of drug-likeness (QED) is 0.871. The van der Waals surface area contributed by atoms with Crippen LogP contribution in [-0.4, -0.2) is 42.6 Å². The highest BCUT2D eigenvalue weighted by Gasteiger charge is 2.14. The number of amides is 1. The fourth-order valence-electron chi connectivity index (χ4n) is 2.08. The normalized spacial score (nSPS) is 10.4. The first-order chi connectivity index (χ1) is 10.0. The van der Waals surface area contributed by atoms with E-state index in [2.05, 4.69) is 10.3 Å². The fraction of sp³-hybridized carbons (Fsp3) is 0.267. The molecule has 0 aliphatic rings. The van der Waals surface area contributed by atoms with Gasteiger partial charge in [-0.05, 0) is 11.5 Å². The Morgan fingerprint density at radius 1 is 1.33 bits per heavy atom. The van der Waals surface area contributed by atoms with E-state index in [1.54, 1.807) is 25.1 Å². The predicted molar refractivity (Wildman–Crippen MR) is 80.7 cm³/mol. The van der Waals surface area contributed by atoms with Crippen LogP contribution in [0.2, 0.25) is 0 Å². The lowest BCUT2D eigenvalue weighted by molar-refractivity contribution is -0.120. The van der Waals surface area contributed by atoms with E-state index >= 15 is 0 Å². The number of pyridine rings is 1. The van der Waals surface area contributed by atoms with Crippen LogP contribution in [0.25, 0.3) is 10.8 Å². The number of carbonyl (C=O) groups is 2.